The number of nitrogens with zero attached hydrogens (tertiary/aromatic N) is 2. The van der Waals surface area contributed by atoms with Crippen LogP contribution in [0.4, 0.5) is 17.1 Å². The van der Waals surface area contributed by atoms with E-state index < -0.39 is 11.8 Å². The molecule has 4 atom stereocenters. The smallest absolute Gasteiger partial charge is 0.238 e. The molecule has 0 saturated carbocycles. The zero-order valence-corrected chi connectivity index (χ0v) is 26.2. The number of aromatic hydroxyl groups is 1. The van der Waals surface area contributed by atoms with Crippen LogP contribution in [0.15, 0.2) is 114 Å². The summed E-state index contributed by atoms with van der Waals surface area (Å²) in [6.07, 6.45) is 5.54. The van der Waals surface area contributed by atoms with Crippen LogP contribution in [-0.2, 0) is 19.1 Å². The van der Waals surface area contributed by atoms with Gasteiger partial charge in [0.1, 0.15) is 5.75 Å². The summed E-state index contributed by atoms with van der Waals surface area (Å²) in [4.78, 5) is 33.9. The summed E-state index contributed by atoms with van der Waals surface area (Å²) >= 11 is 0. The molecule has 8 nitrogen and oxygen atoms in total. The molecule has 2 fully saturated rings. The molecule has 0 unspecified atom stereocenters. The maximum absolute atomic E-state index is 14.1. The number of allylic oxidation sites excluding steroid dienone is 1. The van der Waals surface area contributed by atoms with E-state index in [0.717, 1.165) is 39.4 Å². The molecule has 2 N–H and O–H groups in total. The Morgan fingerprint density at radius 2 is 1.68 bits per heavy atom. The van der Waals surface area contributed by atoms with E-state index in [2.05, 4.69) is 16.4 Å². The molecule has 8 heteroatoms. The predicted molar refractivity (Wildman–Crippen MR) is 182 cm³/mol. The quantitative estimate of drug-likeness (QED) is 0.144. The number of para-hydroxylation sites is 1. The number of rotatable bonds is 10. The first-order chi connectivity index (χ1) is 23.0. The molecule has 3 heterocycles. The third-order valence-electron chi connectivity index (χ3n) is 9.42. The van der Waals surface area contributed by atoms with Gasteiger partial charge < -0.3 is 19.9 Å². The van der Waals surface area contributed by atoms with E-state index in [1.165, 1.54) is 4.90 Å². The van der Waals surface area contributed by atoms with Crippen molar-refractivity contribution in [1.29, 1.82) is 0 Å². The third kappa shape index (κ3) is 6.22. The Morgan fingerprint density at radius 1 is 0.936 bits per heavy atom. The summed E-state index contributed by atoms with van der Waals surface area (Å²) in [7, 11) is 1.66. The van der Waals surface area contributed by atoms with E-state index in [9.17, 15) is 14.7 Å². The number of pyridine rings is 1. The Labute approximate surface area is 274 Å². The molecule has 3 aliphatic rings. The number of hydrogen-bond acceptors (Lipinski definition) is 7. The molecule has 0 spiro atoms. The summed E-state index contributed by atoms with van der Waals surface area (Å²) in [5, 5.41) is 13.1. The summed E-state index contributed by atoms with van der Waals surface area (Å²) in [6, 6.07) is 30.3. The molecule has 2 amide bonds. The number of phenols is 1. The van der Waals surface area contributed by atoms with Gasteiger partial charge in [-0.1, -0.05) is 36.4 Å². The SMILES string of the molecule is COCC1=C2[C@@H](CC/C(=C/c3ccc(O)cc3)c3ccccn3)OC[C@@H]2[C@@H]2C(=O)N(c3ccc(Nc4ccccc4)cc3)C(=O)[C@@H]2C1. The zero-order chi connectivity index (χ0) is 32.3. The van der Waals surface area contributed by atoms with Crippen molar-refractivity contribution >= 4 is 40.5 Å². The zero-order valence-electron chi connectivity index (χ0n) is 26.2. The first-order valence-electron chi connectivity index (χ1n) is 16.0. The van der Waals surface area contributed by atoms with Crippen LogP contribution in [0.2, 0.25) is 0 Å². The molecule has 3 aromatic carbocycles. The fourth-order valence-corrected chi connectivity index (χ4v) is 7.30. The molecule has 4 aromatic rings. The molecule has 0 radical (unpaired) electrons. The van der Waals surface area contributed by atoms with Gasteiger partial charge in [-0.15, -0.1) is 0 Å². The van der Waals surface area contributed by atoms with Gasteiger partial charge in [-0.25, -0.2) is 0 Å². The second-order valence-electron chi connectivity index (χ2n) is 12.3. The van der Waals surface area contributed by atoms with Gasteiger partial charge in [-0.3, -0.25) is 19.5 Å². The molecule has 47 heavy (non-hydrogen) atoms. The lowest BCUT2D eigenvalue weighted by Crippen LogP contribution is -2.35. The number of methoxy groups -OCH3 is 1. The highest BCUT2D eigenvalue weighted by molar-refractivity contribution is 6.22. The number of anilines is 3. The average molecular weight is 628 g/mol. The van der Waals surface area contributed by atoms with Gasteiger partial charge in [0.15, 0.2) is 0 Å². The standard InChI is InChI=1S/C39H37N3O5/c1-46-23-27-22-32-37(39(45)42(38(32)44)30-15-13-29(14-16-30)41-28-7-3-2-4-8-28)33-24-47-35(36(27)33)19-12-26(34-9-5-6-20-40-34)21-25-10-17-31(43)18-11-25/h2-11,13-18,20-21,32-33,35,37,41,43H,12,19,22-24H2,1H3/b26-21-/t32-,33+,35-,37-/m1/s1. The van der Waals surface area contributed by atoms with Gasteiger partial charge in [0.05, 0.1) is 42.5 Å². The summed E-state index contributed by atoms with van der Waals surface area (Å²) in [6.45, 7) is 0.786. The highest BCUT2D eigenvalue weighted by Crippen LogP contribution is 2.50. The van der Waals surface area contributed by atoms with Crippen LogP contribution in [0.3, 0.4) is 0 Å². The van der Waals surface area contributed by atoms with Crippen molar-refractivity contribution in [2.45, 2.75) is 25.4 Å². The topological polar surface area (TPSA) is 101 Å². The molecular formula is C39H37N3O5. The maximum Gasteiger partial charge on any atom is 0.238 e. The molecule has 7 rings (SSSR count). The third-order valence-corrected chi connectivity index (χ3v) is 9.42. The Hall–Kier alpha value is -5.05. The molecule has 1 aromatic heterocycles. The number of aromatic nitrogens is 1. The molecule has 2 aliphatic heterocycles. The molecular weight excluding hydrogens is 590 g/mol. The number of hydrogen-bond donors (Lipinski definition) is 2. The largest absolute Gasteiger partial charge is 0.508 e. The second-order valence-corrected chi connectivity index (χ2v) is 12.3. The Bertz CT molecular complexity index is 1800. The minimum absolute atomic E-state index is 0.158. The lowest BCUT2D eigenvalue weighted by atomic mass is 9.69. The number of imide groups is 1. The number of ether oxygens (including phenoxy) is 2. The lowest BCUT2D eigenvalue weighted by molar-refractivity contribution is -0.122. The van der Waals surface area contributed by atoms with E-state index in [1.54, 1.807) is 25.4 Å². The minimum atomic E-state index is -0.465. The Balaban J connectivity index is 1.11. The van der Waals surface area contributed by atoms with Crippen LogP contribution in [0.5, 0.6) is 5.75 Å². The van der Waals surface area contributed by atoms with E-state index >= 15 is 0 Å². The first kappa shape index (κ1) is 30.6. The normalized spacial score (nSPS) is 22.4. The van der Waals surface area contributed by atoms with Crippen LogP contribution in [-0.4, -0.2) is 48.3 Å². The number of carbonyl (C=O) groups excluding carboxylic acids is 2. The molecule has 1 aliphatic carbocycles. The van der Waals surface area contributed by atoms with E-state index in [1.807, 2.05) is 84.9 Å². The maximum atomic E-state index is 14.1. The van der Waals surface area contributed by atoms with Crippen LogP contribution < -0.4 is 10.2 Å². The van der Waals surface area contributed by atoms with Crippen LogP contribution in [0, 0.1) is 17.8 Å². The number of nitrogens with one attached hydrogen (secondary N) is 1. The minimum Gasteiger partial charge on any atom is -0.508 e. The number of benzene rings is 3. The molecule has 0 bridgehead atoms. The van der Waals surface area contributed by atoms with Crippen LogP contribution in [0.25, 0.3) is 11.6 Å². The van der Waals surface area contributed by atoms with Gasteiger partial charge >= 0.3 is 0 Å². The van der Waals surface area contributed by atoms with Crippen molar-refractivity contribution in [3.05, 3.63) is 126 Å². The number of carbonyl (C=O) groups is 2. The first-order valence-corrected chi connectivity index (χ1v) is 16.0. The van der Waals surface area contributed by atoms with Crippen molar-refractivity contribution in [3.63, 3.8) is 0 Å². The Kier molecular flexibility index (Phi) is 8.70. The molecule has 238 valence electrons. The van der Waals surface area contributed by atoms with Crippen LogP contribution in [0.1, 0.15) is 30.5 Å². The van der Waals surface area contributed by atoms with Crippen molar-refractivity contribution in [1.82, 2.24) is 4.98 Å². The van der Waals surface area contributed by atoms with Crippen molar-refractivity contribution in [3.8, 4) is 5.75 Å². The predicted octanol–water partition coefficient (Wildman–Crippen LogP) is 7.02. The van der Waals surface area contributed by atoms with Gasteiger partial charge in [0.2, 0.25) is 11.8 Å². The van der Waals surface area contributed by atoms with Gasteiger partial charge in [0.25, 0.3) is 0 Å². The van der Waals surface area contributed by atoms with E-state index in [-0.39, 0.29) is 29.6 Å². The lowest BCUT2D eigenvalue weighted by Gasteiger charge is -2.31. The number of phenolic OH excluding ortho intramolecular Hbond substituents is 1. The second kappa shape index (κ2) is 13.4. The number of fused-ring (bicyclic) bond motifs is 3. The van der Waals surface area contributed by atoms with Gasteiger partial charge in [-0.05, 0) is 108 Å². The fourth-order valence-electron chi connectivity index (χ4n) is 7.30. The Morgan fingerprint density at radius 3 is 2.40 bits per heavy atom. The van der Waals surface area contributed by atoms with Crippen molar-refractivity contribution in [2.75, 3.05) is 30.5 Å². The highest BCUT2D eigenvalue weighted by atomic mass is 16.5. The van der Waals surface area contributed by atoms with Crippen molar-refractivity contribution < 1.29 is 24.2 Å². The highest BCUT2D eigenvalue weighted by Gasteiger charge is 2.57. The van der Waals surface area contributed by atoms with Crippen LogP contribution >= 0.6 is 0 Å². The summed E-state index contributed by atoms with van der Waals surface area (Å²) in [5.41, 5.74) is 7.49. The fraction of sp³-hybridized carbons (Fsp3) is 0.256. The summed E-state index contributed by atoms with van der Waals surface area (Å²) in [5.74, 6) is -1.18. The van der Waals surface area contributed by atoms with Gasteiger partial charge in [-0.2, -0.15) is 0 Å². The molecule has 2 saturated heterocycles. The van der Waals surface area contributed by atoms with Gasteiger partial charge in [0, 0.05) is 30.6 Å². The van der Waals surface area contributed by atoms with E-state index in [4.69, 9.17) is 9.47 Å². The average Bonchev–Trinajstić information content (AvgIpc) is 3.63. The van der Waals surface area contributed by atoms with E-state index in [0.29, 0.717) is 38.2 Å². The van der Waals surface area contributed by atoms with Crippen molar-refractivity contribution in [2.24, 2.45) is 17.8 Å². The summed E-state index contributed by atoms with van der Waals surface area (Å²) < 4.78 is 12.1. The monoisotopic (exact) mass is 627 g/mol. The number of amides is 2.